The molecule has 2 aromatic rings. The monoisotopic (exact) mass is 234 g/mol. The summed E-state index contributed by atoms with van der Waals surface area (Å²) in [5, 5.41) is 0. The fourth-order valence-corrected chi connectivity index (χ4v) is 1.70. The predicted octanol–water partition coefficient (Wildman–Crippen LogP) is 1.55. The molecule has 0 atom stereocenters. The summed E-state index contributed by atoms with van der Waals surface area (Å²) in [5.74, 6) is 0. The first-order valence-corrected chi connectivity index (χ1v) is 5.29. The number of furan rings is 1. The molecule has 2 aromatic heterocycles. The molecule has 0 aliphatic carbocycles. The molecule has 17 heavy (non-hydrogen) atoms. The lowest BCUT2D eigenvalue weighted by Gasteiger charge is -2.20. The van der Waals surface area contributed by atoms with Crippen LogP contribution >= 0.6 is 0 Å². The van der Waals surface area contributed by atoms with Crippen molar-refractivity contribution in [2.24, 2.45) is 0 Å². The SMILES string of the molecule is CC(C)(C)n1c(=O)cc(-c2ccoc2)[nH]c1=O. The van der Waals surface area contributed by atoms with E-state index in [0.29, 0.717) is 11.3 Å². The van der Waals surface area contributed by atoms with Crippen molar-refractivity contribution in [3.63, 3.8) is 0 Å². The van der Waals surface area contributed by atoms with Crippen LogP contribution in [-0.2, 0) is 5.54 Å². The van der Waals surface area contributed by atoms with Gasteiger partial charge in [-0.05, 0) is 26.8 Å². The molecule has 2 rings (SSSR count). The van der Waals surface area contributed by atoms with Gasteiger partial charge in [0, 0.05) is 17.2 Å². The van der Waals surface area contributed by atoms with Crippen LogP contribution in [0.3, 0.4) is 0 Å². The fourth-order valence-electron chi connectivity index (χ4n) is 1.70. The molecule has 1 N–H and O–H groups in total. The Morgan fingerprint density at radius 1 is 1.29 bits per heavy atom. The van der Waals surface area contributed by atoms with Crippen LogP contribution in [0.1, 0.15) is 20.8 Å². The van der Waals surface area contributed by atoms with Gasteiger partial charge in [0.05, 0.1) is 18.2 Å². The van der Waals surface area contributed by atoms with Gasteiger partial charge in [-0.15, -0.1) is 0 Å². The highest BCUT2D eigenvalue weighted by Gasteiger charge is 2.18. The zero-order chi connectivity index (χ0) is 12.6. The molecular formula is C12H14N2O3. The summed E-state index contributed by atoms with van der Waals surface area (Å²) in [7, 11) is 0. The molecule has 90 valence electrons. The van der Waals surface area contributed by atoms with Crippen LogP contribution in [0.5, 0.6) is 0 Å². The second-order valence-corrected chi connectivity index (χ2v) is 4.84. The molecule has 5 heteroatoms. The average Bonchev–Trinajstić information content (AvgIpc) is 2.66. The Bertz CT molecular complexity index is 596. The van der Waals surface area contributed by atoms with Gasteiger partial charge in [-0.3, -0.25) is 9.36 Å². The van der Waals surface area contributed by atoms with E-state index in [1.807, 2.05) is 0 Å². The van der Waals surface area contributed by atoms with Crippen LogP contribution in [0.2, 0.25) is 0 Å². The van der Waals surface area contributed by atoms with E-state index in [9.17, 15) is 9.59 Å². The summed E-state index contributed by atoms with van der Waals surface area (Å²) in [6.45, 7) is 5.42. The van der Waals surface area contributed by atoms with Gasteiger partial charge in [0.25, 0.3) is 5.56 Å². The second kappa shape index (κ2) is 3.76. The Morgan fingerprint density at radius 3 is 2.47 bits per heavy atom. The first-order valence-electron chi connectivity index (χ1n) is 5.29. The summed E-state index contributed by atoms with van der Waals surface area (Å²) < 4.78 is 6.11. The Balaban J connectivity index is 2.66. The molecular weight excluding hydrogens is 220 g/mol. The number of hydrogen-bond donors (Lipinski definition) is 1. The highest BCUT2D eigenvalue weighted by atomic mass is 16.3. The lowest BCUT2D eigenvalue weighted by atomic mass is 10.1. The molecule has 0 amide bonds. The van der Waals surface area contributed by atoms with Gasteiger partial charge in [-0.2, -0.15) is 0 Å². The molecule has 0 unspecified atom stereocenters. The molecule has 0 bridgehead atoms. The lowest BCUT2D eigenvalue weighted by Crippen LogP contribution is -2.44. The van der Waals surface area contributed by atoms with Gasteiger partial charge in [-0.25, -0.2) is 4.79 Å². The van der Waals surface area contributed by atoms with Crippen molar-refractivity contribution in [1.82, 2.24) is 9.55 Å². The minimum atomic E-state index is -0.542. The fraction of sp³-hybridized carbons (Fsp3) is 0.333. The van der Waals surface area contributed by atoms with Crippen molar-refractivity contribution in [1.29, 1.82) is 0 Å². The summed E-state index contributed by atoms with van der Waals surface area (Å²) in [5.41, 5.74) is -0.132. The highest BCUT2D eigenvalue weighted by Crippen LogP contribution is 2.14. The number of H-pyrrole nitrogens is 1. The van der Waals surface area contributed by atoms with Crippen molar-refractivity contribution in [2.45, 2.75) is 26.3 Å². The van der Waals surface area contributed by atoms with Crippen molar-refractivity contribution in [2.75, 3.05) is 0 Å². The van der Waals surface area contributed by atoms with E-state index in [1.54, 1.807) is 26.8 Å². The first kappa shape index (κ1) is 11.4. The van der Waals surface area contributed by atoms with E-state index in [-0.39, 0.29) is 5.56 Å². The Hall–Kier alpha value is -2.04. The van der Waals surface area contributed by atoms with E-state index in [1.165, 1.54) is 23.2 Å². The number of nitrogens with one attached hydrogen (secondary N) is 1. The minimum Gasteiger partial charge on any atom is -0.472 e. The molecule has 0 aromatic carbocycles. The largest absolute Gasteiger partial charge is 0.472 e. The number of aromatic amines is 1. The quantitative estimate of drug-likeness (QED) is 0.814. The zero-order valence-corrected chi connectivity index (χ0v) is 9.98. The van der Waals surface area contributed by atoms with E-state index >= 15 is 0 Å². The van der Waals surface area contributed by atoms with E-state index in [2.05, 4.69) is 4.98 Å². The highest BCUT2D eigenvalue weighted by molar-refractivity contribution is 5.56. The molecule has 0 aliphatic rings. The predicted molar refractivity (Wildman–Crippen MR) is 64.0 cm³/mol. The van der Waals surface area contributed by atoms with Gasteiger partial charge >= 0.3 is 5.69 Å². The molecule has 0 spiro atoms. The maximum absolute atomic E-state index is 11.9. The normalized spacial score (nSPS) is 11.7. The van der Waals surface area contributed by atoms with Crippen LogP contribution in [0.4, 0.5) is 0 Å². The minimum absolute atomic E-state index is 0.322. The summed E-state index contributed by atoms with van der Waals surface area (Å²) in [4.78, 5) is 26.5. The smallest absolute Gasteiger partial charge is 0.329 e. The maximum Gasteiger partial charge on any atom is 0.329 e. The first-order chi connectivity index (χ1) is 7.89. The Morgan fingerprint density at radius 2 is 2.00 bits per heavy atom. The molecule has 0 saturated heterocycles. The van der Waals surface area contributed by atoms with Crippen LogP contribution in [0.25, 0.3) is 11.3 Å². The topological polar surface area (TPSA) is 68.0 Å². The third-order valence-electron chi connectivity index (χ3n) is 2.44. The van der Waals surface area contributed by atoms with Crippen molar-refractivity contribution in [3.8, 4) is 11.3 Å². The summed E-state index contributed by atoms with van der Waals surface area (Å²) in [6, 6.07) is 3.09. The number of rotatable bonds is 1. The van der Waals surface area contributed by atoms with Gasteiger partial charge in [-0.1, -0.05) is 0 Å². The number of aromatic nitrogens is 2. The Labute approximate surface area is 97.7 Å². The second-order valence-electron chi connectivity index (χ2n) is 4.84. The van der Waals surface area contributed by atoms with Gasteiger partial charge < -0.3 is 9.40 Å². The van der Waals surface area contributed by atoms with Crippen LogP contribution in [0, 0.1) is 0 Å². The van der Waals surface area contributed by atoms with E-state index in [4.69, 9.17) is 4.42 Å². The molecule has 0 aliphatic heterocycles. The van der Waals surface area contributed by atoms with Gasteiger partial charge in [0.15, 0.2) is 0 Å². The Kier molecular flexibility index (Phi) is 2.53. The van der Waals surface area contributed by atoms with Crippen molar-refractivity contribution >= 4 is 0 Å². The molecule has 0 radical (unpaired) electrons. The van der Waals surface area contributed by atoms with E-state index in [0.717, 1.165) is 0 Å². The number of nitrogens with zero attached hydrogens (tertiary/aromatic N) is 1. The molecule has 5 nitrogen and oxygen atoms in total. The van der Waals surface area contributed by atoms with Gasteiger partial charge in [0.1, 0.15) is 0 Å². The lowest BCUT2D eigenvalue weighted by molar-refractivity contribution is 0.367. The number of hydrogen-bond acceptors (Lipinski definition) is 3. The van der Waals surface area contributed by atoms with Crippen LogP contribution in [0.15, 0.2) is 38.7 Å². The van der Waals surface area contributed by atoms with Crippen LogP contribution < -0.4 is 11.2 Å². The third kappa shape index (κ3) is 2.08. The zero-order valence-electron chi connectivity index (χ0n) is 9.98. The van der Waals surface area contributed by atoms with Gasteiger partial charge in [0.2, 0.25) is 0 Å². The molecule has 0 saturated carbocycles. The molecule has 2 heterocycles. The van der Waals surface area contributed by atoms with Crippen LogP contribution in [-0.4, -0.2) is 9.55 Å². The average molecular weight is 234 g/mol. The standard InChI is InChI=1S/C12H14N2O3/c1-12(2,3)14-10(15)6-9(13-11(14)16)8-4-5-17-7-8/h4-7H,1-3H3,(H,13,16). The van der Waals surface area contributed by atoms with Crippen molar-refractivity contribution in [3.05, 3.63) is 45.5 Å². The third-order valence-corrected chi connectivity index (χ3v) is 2.44. The maximum atomic E-state index is 11.9. The summed E-state index contributed by atoms with van der Waals surface area (Å²) in [6.07, 6.45) is 2.97. The summed E-state index contributed by atoms with van der Waals surface area (Å²) >= 11 is 0. The van der Waals surface area contributed by atoms with Crippen molar-refractivity contribution < 1.29 is 4.42 Å². The molecule has 0 fully saturated rings. The van der Waals surface area contributed by atoms with E-state index < -0.39 is 11.2 Å².